The van der Waals surface area contributed by atoms with Gasteiger partial charge in [-0.25, -0.2) is 4.79 Å². The van der Waals surface area contributed by atoms with E-state index in [4.69, 9.17) is 10.2 Å². The Morgan fingerprint density at radius 1 is 1.60 bits per heavy atom. The van der Waals surface area contributed by atoms with E-state index in [0.717, 1.165) is 0 Å². The predicted molar refractivity (Wildman–Crippen MR) is 37.4 cm³/mol. The Balaban J connectivity index is 3.58. The third-order valence-corrected chi connectivity index (χ3v) is 1.00. The van der Waals surface area contributed by atoms with Crippen LogP contribution in [-0.4, -0.2) is 22.8 Å². The molecule has 0 aromatic heterocycles. The highest BCUT2D eigenvalue weighted by molar-refractivity contribution is 5.85. The van der Waals surface area contributed by atoms with Gasteiger partial charge in [0.2, 0.25) is 0 Å². The molecule has 0 rings (SSSR count). The van der Waals surface area contributed by atoms with Crippen LogP contribution in [-0.2, 0) is 4.79 Å². The van der Waals surface area contributed by atoms with Crippen LogP contribution < -0.4 is 0 Å². The van der Waals surface area contributed by atoms with Gasteiger partial charge >= 0.3 is 5.97 Å². The molecule has 2 N–H and O–H groups in total. The van der Waals surface area contributed by atoms with E-state index < -0.39 is 5.97 Å². The Bertz CT molecular complexity index is 138. The summed E-state index contributed by atoms with van der Waals surface area (Å²) in [6.45, 7) is 1.57. The minimum absolute atomic E-state index is 0.0589. The Morgan fingerprint density at radius 3 is 2.60 bits per heavy atom. The molecule has 0 fully saturated rings. The van der Waals surface area contributed by atoms with Gasteiger partial charge in [0, 0.05) is 12.2 Å². The first-order valence-corrected chi connectivity index (χ1v) is 3.02. The number of aliphatic hydroxyl groups is 1. The molecular weight excluding hydrogens is 132 g/mol. The van der Waals surface area contributed by atoms with Crippen molar-refractivity contribution in [2.24, 2.45) is 0 Å². The number of hydrogen-bond donors (Lipinski definition) is 2. The number of aliphatic hydroxyl groups excluding tert-OH is 1. The van der Waals surface area contributed by atoms with Crippen LogP contribution >= 0.6 is 0 Å². The number of hydrogen-bond acceptors (Lipinski definition) is 2. The lowest BCUT2D eigenvalue weighted by atomic mass is 10.2. The number of carboxylic acids is 1. The van der Waals surface area contributed by atoms with Crippen molar-refractivity contribution in [2.75, 3.05) is 6.61 Å². The number of aliphatic carboxylic acids is 1. The molecule has 57 valence electrons. The molecule has 0 saturated heterocycles. The molecule has 0 aliphatic heterocycles. The Kier molecular flexibility index (Phi) is 4.58. The number of allylic oxidation sites excluding steroid dienone is 1. The summed E-state index contributed by atoms with van der Waals surface area (Å²) in [6, 6.07) is 0. The van der Waals surface area contributed by atoms with Gasteiger partial charge in [0.05, 0.1) is 0 Å². The smallest absolute Gasteiger partial charge is 0.330 e. The summed E-state index contributed by atoms with van der Waals surface area (Å²) in [4.78, 5) is 10.1. The Morgan fingerprint density at radius 2 is 2.20 bits per heavy atom. The molecule has 0 spiro atoms. The van der Waals surface area contributed by atoms with Gasteiger partial charge < -0.3 is 10.2 Å². The monoisotopic (exact) mass is 143 g/mol. The first-order valence-electron chi connectivity index (χ1n) is 3.02. The van der Waals surface area contributed by atoms with Crippen LogP contribution in [0, 0.1) is 6.42 Å². The molecule has 0 unspecified atom stereocenters. The largest absolute Gasteiger partial charge is 0.478 e. The van der Waals surface area contributed by atoms with Crippen LogP contribution in [0.5, 0.6) is 0 Å². The van der Waals surface area contributed by atoms with Gasteiger partial charge in [0.15, 0.2) is 0 Å². The summed E-state index contributed by atoms with van der Waals surface area (Å²) < 4.78 is 0. The zero-order valence-electron chi connectivity index (χ0n) is 5.87. The second-order valence-corrected chi connectivity index (χ2v) is 1.90. The van der Waals surface area contributed by atoms with Gasteiger partial charge in [-0.2, -0.15) is 0 Å². The molecule has 1 radical (unpaired) electrons. The van der Waals surface area contributed by atoms with E-state index in [1.54, 1.807) is 6.42 Å². The van der Waals surface area contributed by atoms with Crippen LogP contribution in [0.15, 0.2) is 11.6 Å². The maximum Gasteiger partial charge on any atom is 0.330 e. The lowest BCUT2D eigenvalue weighted by molar-refractivity contribution is -0.132. The highest BCUT2D eigenvalue weighted by atomic mass is 16.4. The predicted octanol–water partition coefficient (Wildman–Crippen LogP) is 0.604. The van der Waals surface area contributed by atoms with Crippen molar-refractivity contribution in [3.05, 3.63) is 18.1 Å². The van der Waals surface area contributed by atoms with Crippen LogP contribution in [0.1, 0.15) is 13.3 Å². The minimum atomic E-state index is -0.922. The van der Waals surface area contributed by atoms with Crippen molar-refractivity contribution >= 4 is 5.97 Å². The maximum absolute atomic E-state index is 10.1. The normalized spacial score (nSPS) is 11.6. The number of carbonyl (C=O) groups is 1. The van der Waals surface area contributed by atoms with Crippen LogP contribution in [0.2, 0.25) is 0 Å². The first-order chi connectivity index (χ1) is 4.68. The van der Waals surface area contributed by atoms with Gasteiger partial charge in [0.25, 0.3) is 0 Å². The quantitative estimate of drug-likeness (QED) is 0.447. The van der Waals surface area contributed by atoms with Crippen LogP contribution in [0.4, 0.5) is 0 Å². The van der Waals surface area contributed by atoms with Gasteiger partial charge in [-0.15, -0.1) is 0 Å². The van der Waals surface area contributed by atoms with Crippen molar-refractivity contribution in [1.82, 2.24) is 0 Å². The fourth-order valence-electron chi connectivity index (χ4n) is 0.406. The standard InChI is InChI=1S/C7H11O3/c1-6(7(9)10)4-2-3-5-8/h2,4,8H,3,5H2,1H3,(H,9,10). The molecule has 0 atom stereocenters. The lowest BCUT2D eigenvalue weighted by Gasteiger charge is -1.91. The van der Waals surface area contributed by atoms with E-state index in [0.29, 0.717) is 6.42 Å². The van der Waals surface area contributed by atoms with Crippen molar-refractivity contribution in [3.8, 4) is 0 Å². The molecule has 0 amide bonds. The third-order valence-electron chi connectivity index (χ3n) is 1.00. The number of unbranched alkanes of at least 4 members (excludes halogenated alkanes) is 1. The fraction of sp³-hybridized carbons (Fsp3) is 0.429. The molecule has 0 bridgehead atoms. The maximum atomic E-state index is 10.1. The number of rotatable bonds is 4. The fourth-order valence-corrected chi connectivity index (χ4v) is 0.406. The summed E-state index contributed by atoms with van der Waals surface area (Å²) in [5, 5.41) is 16.6. The highest BCUT2D eigenvalue weighted by Gasteiger charge is 1.96. The average Bonchev–Trinajstić information content (AvgIpc) is 1.88. The van der Waals surface area contributed by atoms with E-state index in [2.05, 4.69) is 0 Å². The van der Waals surface area contributed by atoms with Gasteiger partial charge in [-0.05, 0) is 19.8 Å². The zero-order valence-corrected chi connectivity index (χ0v) is 5.87. The highest BCUT2D eigenvalue weighted by Crippen LogP contribution is 1.96. The summed E-state index contributed by atoms with van der Waals surface area (Å²) in [7, 11) is 0. The van der Waals surface area contributed by atoms with E-state index in [1.807, 2.05) is 0 Å². The molecule has 0 saturated carbocycles. The summed E-state index contributed by atoms with van der Waals surface area (Å²) in [6.07, 6.45) is 3.62. The second kappa shape index (κ2) is 4.99. The van der Waals surface area contributed by atoms with Crippen molar-refractivity contribution in [3.63, 3.8) is 0 Å². The molecule has 3 heteroatoms. The SMILES string of the molecule is CC(=C[CH]CCO)C(=O)O. The number of carboxylic acid groups (broad SMARTS) is 1. The minimum Gasteiger partial charge on any atom is -0.478 e. The average molecular weight is 143 g/mol. The lowest BCUT2D eigenvalue weighted by Crippen LogP contribution is -1.96. The second-order valence-electron chi connectivity index (χ2n) is 1.90. The molecule has 0 aliphatic carbocycles. The third kappa shape index (κ3) is 4.09. The van der Waals surface area contributed by atoms with Crippen molar-refractivity contribution in [2.45, 2.75) is 13.3 Å². The summed E-state index contributed by atoms with van der Waals surface area (Å²) in [5.74, 6) is -0.922. The van der Waals surface area contributed by atoms with Gasteiger partial charge in [-0.3, -0.25) is 0 Å². The molecule has 3 nitrogen and oxygen atoms in total. The molecule has 0 aromatic carbocycles. The van der Waals surface area contributed by atoms with E-state index in [9.17, 15) is 4.79 Å². The molecule has 0 aromatic rings. The van der Waals surface area contributed by atoms with Crippen LogP contribution in [0.25, 0.3) is 0 Å². The summed E-state index contributed by atoms with van der Waals surface area (Å²) in [5.41, 5.74) is 0.286. The van der Waals surface area contributed by atoms with Crippen molar-refractivity contribution < 1.29 is 15.0 Å². The Labute approximate surface area is 60.0 Å². The van der Waals surface area contributed by atoms with Crippen molar-refractivity contribution in [1.29, 1.82) is 0 Å². The van der Waals surface area contributed by atoms with Crippen LogP contribution in [0.3, 0.4) is 0 Å². The summed E-state index contributed by atoms with van der Waals surface area (Å²) >= 11 is 0. The van der Waals surface area contributed by atoms with E-state index >= 15 is 0 Å². The topological polar surface area (TPSA) is 57.5 Å². The van der Waals surface area contributed by atoms with E-state index in [-0.39, 0.29) is 12.2 Å². The Hall–Kier alpha value is -0.830. The first kappa shape index (κ1) is 9.17. The molecule has 0 heterocycles. The molecule has 10 heavy (non-hydrogen) atoms. The van der Waals surface area contributed by atoms with Gasteiger partial charge in [0.1, 0.15) is 0 Å². The zero-order chi connectivity index (χ0) is 7.98. The molecule has 0 aliphatic rings. The molecular formula is C7H11O3. The van der Waals surface area contributed by atoms with E-state index in [1.165, 1.54) is 13.0 Å². The van der Waals surface area contributed by atoms with Gasteiger partial charge in [-0.1, -0.05) is 6.08 Å².